The van der Waals surface area contributed by atoms with Crippen LogP contribution < -0.4 is 5.32 Å². The van der Waals surface area contributed by atoms with Crippen LogP contribution in [0.2, 0.25) is 0 Å². The van der Waals surface area contributed by atoms with Crippen molar-refractivity contribution in [2.75, 3.05) is 11.1 Å². The lowest BCUT2D eigenvalue weighted by Crippen LogP contribution is -2.13. The van der Waals surface area contributed by atoms with E-state index in [-0.39, 0.29) is 17.4 Å². The van der Waals surface area contributed by atoms with Crippen molar-refractivity contribution in [2.45, 2.75) is 121 Å². The van der Waals surface area contributed by atoms with Crippen molar-refractivity contribution >= 4 is 27.5 Å². The van der Waals surface area contributed by atoms with Crippen molar-refractivity contribution in [2.24, 2.45) is 0 Å². The highest BCUT2D eigenvalue weighted by Crippen LogP contribution is 2.19. The van der Waals surface area contributed by atoms with E-state index in [1.807, 2.05) is 0 Å². The third-order valence-corrected chi connectivity index (χ3v) is 9.19. The molecule has 0 aliphatic heterocycles. The molecule has 2 aromatic carbocycles. The average Bonchev–Trinajstić information content (AvgIpc) is 2.94. The van der Waals surface area contributed by atoms with E-state index in [1.165, 1.54) is 83.5 Å². The predicted octanol–water partition coefficient (Wildman–Crippen LogP) is 9.47. The summed E-state index contributed by atoms with van der Waals surface area (Å²) in [6.07, 6.45) is 21.9. The van der Waals surface area contributed by atoms with Crippen molar-refractivity contribution < 1.29 is 18.3 Å². The number of anilines is 1. The smallest absolute Gasteiger partial charge is 0.251 e. The summed E-state index contributed by atoms with van der Waals surface area (Å²) in [5, 5.41) is 12.2. The number of aromatic hydroxyl groups is 1. The normalized spacial score (nSPS) is 12.0. The quantitative estimate of drug-likeness (QED) is 0.116. The number of hydrogen-bond acceptors (Lipinski definition) is 4. The fourth-order valence-electron chi connectivity index (χ4n) is 4.82. The maximum absolute atomic E-state index is 12.7. The molecule has 0 radical (unpaired) electrons. The molecule has 6 heteroatoms. The number of carbonyl (C=O) groups excluding carboxylic acids is 1. The van der Waals surface area contributed by atoms with Crippen molar-refractivity contribution in [1.82, 2.24) is 0 Å². The molecular formula is C34H51NO4S. The molecule has 1 amide bonds. The minimum Gasteiger partial charge on any atom is -0.508 e. The number of nitrogens with one attached hydrogen (secondary N) is 1. The van der Waals surface area contributed by atoms with E-state index in [1.54, 1.807) is 61.5 Å². The number of benzene rings is 2. The van der Waals surface area contributed by atoms with Gasteiger partial charge in [-0.15, -0.1) is 0 Å². The number of phenols is 1. The summed E-state index contributed by atoms with van der Waals surface area (Å²) in [6, 6.07) is 13.0. The average molecular weight is 570 g/mol. The summed E-state index contributed by atoms with van der Waals surface area (Å²) in [5.74, 6) is 0.0620. The molecule has 0 saturated heterocycles. The van der Waals surface area contributed by atoms with Gasteiger partial charge in [-0.2, -0.15) is 0 Å². The van der Waals surface area contributed by atoms with Gasteiger partial charge in [0.2, 0.25) is 0 Å². The first-order valence-corrected chi connectivity index (χ1v) is 17.1. The Morgan fingerprint density at radius 2 is 1.15 bits per heavy atom. The molecule has 222 valence electrons. The number of unbranched alkanes of at least 4 members (excludes halogenated alkanes) is 15. The highest BCUT2D eigenvalue weighted by molar-refractivity contribution is 7.91. The molecular weight excluding hydrogens is 518 g/mol. The lowest BCUT2D eigenvalue weighted by Gasteiger charge is -2.08. The lowest BCUT2D eigenvalue weighted by molar-refractivity contribution is -0.112. The largest absolute Gasteiger partial charge is 0.508 e. The maximum Gasteiger partial charge on any atom is 0.251 e. The van der Waals surface area contributed by atoms with Gasteiger partial charge in [0.05, 0.1) is 10.6 Å². The second kappa shape index (κ2) is 19.5. The summed E-state index contributed by atoms with van der Waals surface area (Å²) < 4.78 is 25.5. The van der Waals surface area contributed by atoms with Gasteiger partial charge < -0.3 is 10.4 Å². The Bertz CT molecular complexity index is 1110. The summed E-state index contributed by atoms with van der Waals surface area (Å²) in [7, 11) is -3.33. The molecule has 0 aliphatic rings. The van der Waals surface area contributed by atoms with Crippen LogP contribution in [0, 0.1) is 0 Å². The van der Waals surface area contributed by atoms with Gasteiger partial charge in [0, 0.05) is 11.3 Å². The number of rotatable bonds is 21. The van der Waals surface area contributed by atoms with Crippen LogP contribution in [-0.4, -0.2) is 25.2 Å². The molecule has 2 aromatic rings. The van der Waals surface area contributed by atoms with Gasteiger partial charge in [0.1, 0.15) is 5.75 Å². The Balaban J connectivity index is 1.57. The Labute approximate surface area is 243 Å². The van der Waals surface area contributed by atoms with Crippen molar-refractivity contribution in [3.8, 4) is 5.75 Å². The van der Waals surface area contributed by atoms with E-state index in [0.29, 0.717) is 22.6 Å². The predicted molar refractivity (Wildman–Crippen MR) is 168 cm³/mol. The summed E-state index contributed by atoms with van der Waals surface area (Å²) in [4.78, 5) is 12.8. The second-order valence-corrected chi connectivity index (χ2v) is 13.1. The van der Waals surface area contributed by atoms with Gasteiger partial charge in [0.25, 0.3) is 5.91 Å². The summed E-state index contributed by atoms with van der Waals surface area (Å²) in [6.45, 7) is 3.97. The van der Waals surface area contributed by atoms with Crippen molar-refractivity contribution in [1.29, 1.82) is 0 Å². The monoisotopic (exact) mass is 569 g/mol. The molecule has 0 atom stereocenters. The summed E-state index contributed by atoms with van der Waals surface area (Å²) in [5.41, 5.74) is 1.86. The molecule has 0 fully saturated rings. The topological polar surface area (TPSA) is 83.5 Å². The molecule has 0 bridgehead atoms. The van der Waals surface area contributed by atoms with E-state index in [2.05, 4.69) is 12.2 Å². The third kappa shape index (κ3) is 14.2. The Hall–Kier alpha value is -2.60. The standard InChI is InChI=1S/C34H51NO4S/c1-3-4-5-6-7-8-9-10-11-12-13-14-15-16-17-18-27-40(38,39)33-25-21-31(22-26-33)35-34(37)29(2)28-30-19-23-32(36)24-20-30/h19-26,28,36H,3-18,27H2,1-2H3,(H,35,37). The van der Waals surface area contributed by atoms with Crippen LogP contribution in [0.3, 0.4) is 0 Å². The Morgan fingerprint density at radius 3 is 1.62 bits per heavy atom. The molecule has 2 rings (SSSR count). The Kier molecular flexibility index (Phi) is 16.4. The second-order valence-electron chi connectivity index (χ2n) is 11.0. The number of amides is 1. The number of phenolic OH excluding ortho intramolecular Hbond substituents is 1. The van der Waals surface area contributed by atoms with Crippen LogP contribution in [0.15, 0.2) is 59.0 Å². The van der Waals surface area contributed by atoms with E-state index >= 15 is 0 Å². The van der Waals surface area contributed by atoms with Crippen molar-refractivity contribution in [3.05, 3.63) is 59.7 Å². The highest BCUT2D eigenvalue weighted by atomic mass is 32.2. The van der Waals surface area contributed by atoms with Gasteiger partial charge >= 0.3 is 0 Å². The zero-order valence-corrected chi connectivity index (χ0v) is 25.6. The van der Waals surface area contributed by atoms with Crippen LogP contribution in [0.5, 0.6) is 5.75 Å². The fourth-order valence-corrected chi connectivity index (χ4v) is 6.19. The number of hydrogen-bond donors (Lipinski definition) is 2. The number of carbonyl (C=O) groups is 1. The molecule has 5 nitrogen and oxygen atoms in total. The van der Waals surface area contributed by atoms with Gasteiger partial charge in [-0.25, -0.2) is 8.42 Å². The van der Waals surface area contributed by atoms with Crippen LogP contribution in [0.1, 0.15) is 122 Å². The van der Waals surface area contributed by atoms with E-state index in [4.69, 9.17) is 0 Å². The van der Waals surface area contributed by atoms with E-state index in [0.717, 1.165) is 18.4 Å². The minimum absolute atomic E-state index is 0.158. The first kappa shape index (κ1) is 33.6. The lowest BCUT2D eigenvalue weighted by atomic mass is 10.0. The van der Waals surface area contributed by atoms with Gasteiger partial charge in [-0.3, -0.25) is 4.79 Å². The zero-order valence-electron chi connectivity index (χ0n) is 24.8. The van der Waals surface area contributed by atoms with Crippen LogP contribution in [0.25, 0.3) is 6.08 Å². The fraction of sp³-hybridized carbons (Fsp3) is 0.559. The highest BCUT2D eigenvalue weighted by Gasteiger charge is 2.14. The van der Waals surface area contributed by atoms with Crippen LogP contribution >= 0.6 is 0 Å². The van der Waals surface area contributed by atoms with E-state index < -0.39 is 9.84 Å². The Morgan fingerprint density at radius 1 is 0.700 bits per heavy atom. The SMILES string of the molecule is CCCCCCCCCCCCCCCCCCS(=O)(=O)c1ccc(NC(=O)C(C)=Cc2ccc(O)cc2)cc1. The minimum atomic E-state index is -3.33. The van der Waals surface area contributed by atoms with Crippen LogP contribution in [-0.2, 0) is 14.6 Å². The van der Waals surface area contributed by atoms with Gasteiger partial charge in [-0.1, -0.05) is 115 Å². The molecule has 0 heterocycles. The molecule has 0 aromatic heterocycles. The van der Waals surface area contributed by atoms with Gasteiger partial charge in [0.15, 0.2) is 9.84 Å². The molecule has 2 N–H and O–H groups in total. The maximum atomic E-state index is 12.7. The third-order valence-electron chi connectivity index (χ3n) is 7.37. The van der Waals surface area contributed by atoms with Gasteiger partial charge in [-0.05, 0) is 61.4 Å². The van der Waals surface area contributed by atoms with E-state index in [9.17, 15) is 18.3 Å². The van der Waals surface area contributed by atoms with Crippen molar-refractivity contribution in [3.63, 3.8) is 0 Å². The summed E-state index contributed by atoms with van der Waals surface area (Å²) >= 11 is 0. The molecule has 40 heavy (non-hydrogen) atoms. The zero-order chi connectivity index (χ0) is 29.1. The molecule has 0 saturated carbocycles. The first-order valence-electron chi connectivity index (χ1n) is 15.4. The molecule has 0 spiro atoms. The first-order chi connectivity index (χ1) is 19.3. The van der Waals surface area contributed by atoms with Crippen LogP contribution in [0.4, 0.5) is 5.69 Å². The molecule has 0 unspecified atom stereocenters. The number of sulfone groups is 1. The molecule has 0 aliphatic carbocycles.